The molecule has 4 nitrogen and oxygen atoms in total. The van der Waals surface area contributed by atoms with Crippen LogP contribution in [0.4, 0.5) is 0 Å². The first-order valence-electron chi connectivity index (χ1n) is 10.7. The number of nitrogens with zero attached hydrogens (tertiary/aromatic N) is 2. The van der Waals surface area contributed by atoms with Gasteiger partial charge < -0.3 is 9.88 Å². The number of benzene rings is 4. The molecule has 5 aromatic rings. The van der Waals surface area contributed by atoms with Crippen molar-refractivity contribution in [3.05, 3.63) is 120 Å². The summed E-state index contributed by atoms with van der Waals surface area (Å²) in [5, 5.41) is 5.42. The van der Waals surface area contributed by atoms with Gasteiger partial charge in [-0.25, -0.2) is 4.98 Å². The van der Waals surface area contributed by atoms with Crippen molar-refractivity contribution < 1.29 is 4.79 Å². The molecule has 1 amide bonds. The van der Waals surface area contributed by atoms with Crippen LogP contribution in [0.5, 0.6) is 0 Å². The number of para-hydroxylation sites is 2. The molecule has 0 unspecified atom stereocenters. The number of fused-ring (bicyclic) bond motifs is 2. The van der Waals surface area contributed by atoms with Crippen molar-refractivity contribution in [2.45, 2.75) is 13.1 Å². The van der Waals surface area contributed by atoms with E-state index in [-0.39, 0.29) is 5.91 Å². The normalized spacial score (nSPS) is 11.4. The van der Waals surface area contributed by atoms with Crippen molar-refractivity contribution in [2.24, 2.45) is 0 Å². The highest BCUT2D eigenvalue weighted by atomic mass is 16.1. The Labute approximate surface area is 186 Å². The summed E-state index contributed by atoms with van der Waals surface area (Å²) >= 11 is 0. The molecule has 0 aliphatic heterocycles. The number of rotatable bonds is 6. The van der Waals surface area contributed by atoms with Gasteiger partial charge in [-0.3, -0.25) is 4.79 Å². The Balaban J connectivity index is 1.38. The molecule has 1 N–H and O–H groups in total. The Morgan fingerprint density at radius 1 is 0.844 bits per heavy atom. The van der Waals surface area contributed by atoms with E-state index in [4.69, 9.17) is 4.98 Å². The molecule has 32 heavy (non-hydrogen) atoms. The second-order valence-electron chi connectivity index (χ2n) is 7.75. The molecule has 0 saturated heterocycles. The summed E-state index contributed by atoms with van der Waals surface area (Å²) in [7, 11) is 0. The first kappa shape index (κ1) is 19.8. The molecule has 0 bridgehead atoms. The van der Waals surface area contributed by atoms with Gasteiger partial charge in [0.15, 0.2) is 0 Å². The average Bonchev–Trinajstić information content (AvgIpc) is 3.19. The van der Waals surface area contributed by atoms with E-state index in [2.05, 4.69) is 58.4 Å². The molecule has 5 rings (SSSR count). The summed E-state index contributed by atoms with van der Waals surface area (Å²) in [6, 6.07) is 32.8. The molecule has 0 aliphatic rings. The number of carbonyl (C=O) groups excluding carboxylic acids is 1. The number of aromatic nitrogens is 2. The molecule has 4 heteroatoms. The van der Waals surface area contributed by atoms with Crippen LogP contribution in [0.15, 0.2) is 103 Å². The molecule has 1 aromatic heterocycles. The van der Waals surface area contributed by atoms with Crippen LogP contribution in [0.2, 0.25) is 0 Å². The minimum atomic E-state index is -0.141. The van der Waals surface area contributed by atoms with Crippen molar-refractivity contribution in [2.75, 3.05) is 0 Å². The molecule has 0 atom stereocenters. The van der Waals surface area contributed by atoms with Crippen molar-refractivity contribution in [3.63, 3.8) is 0 Å². The lowest BCUT2D eigenvalue weighted by Crippen LogP contribution is -2.23. The average molecular weight is 418 g/mol. The van der Waals surface area contributed by atoms with Crippen molar-refractivity contribution in [1.29, 1.82) is 0 Å². The number of imidazole rings is 1. The first-order chi connectivity index (χ1) is 15.8. The van der Waals surface area contributed by atoms with Crippen molar-refractivity contribution in [3.8, 4) is 0 Å². The van der Waals surface area contributed by atoms with Gasteiger partial charge in [-0.1, -0.05) is 78.9 Å². The highest BCUT2D eigenvalue weighted by Crippen LogP contribution is 2.21. The first-order valence-corrected chi connectivity index (χ1v) is 10.7. The minimum Gasteiger partial charge on any atom is -0.345 e. The predicted molar refractivity (Wildman–Crippen MR) is 130 cm³/mol. The second-order valence-corrected chi connectivity index (χ2v) is 7.75. The van der Waals surface area contributed by atoms with Gasteiger partial charge in [0.05, 0.1) is 17.6 Å². The number of amides is 1. The van der Waals surface area contributed by atoms with Crippen LogP contribution < -0.4 is 5.32 Å². The third-order valence-electron chi connectivity index (χ3n) is 5.54. The summed E-state index contributed by atoms with van der Waals surface area (Å²) in [6.45, 7) is 1.05. The molecule has 0 radical (unpaired) electrons. The summed E-state index contributed by atoms with van der Waals surface area (Å²) in [4.78, 5) is 17.2. The van der Waals surface area contributed by atoms with Gasteiger partial charge in [0.1, 0.15) is 5.82 Å². The fraction of sp³-hybridized carbons (Fsp3) is 0.0714. The lowest BCUT2D eigenvalue weighted by atomic mass is 10.1. The highest BCUT2D eigenvalue weighted by Gasteiger charge is 2.12. The van der Waals surface area contributed by atoms with Gasteiger partial charge in [-0.05, 0) is 46.2 Å². The van der Waals surface area contributed by atoms with E-state index in [1.807, 2.05) is 54.6 Å². The van der Waals surface area contributed by atoms with Crippen molar-refractivity contribution in [1.82, 2.24) is 14.9 Å². The highest BCUT2D eigenvalue weighted by molar-refractivity contribution is 5.91. The lowest BCUT2D eigenvalue weighted by molar-refractivity contribution is -0.116. The number of hydrogen-bond donors (Lipinski definition) is 1. The van der Waals surface area contributed by atoms with Crippen LogP contribution in [0, 0.1) is 0 Å². The largest absolute Gasteiger partial charge is 0.345 e. The van der Waals surface area contributed by atoms with E-state index in [9.17, 15) is 4.79 Å². The predicted octanol–water partition coefficient (Wildman–Crippen LogP) is 5.57. The second kappa shape index (κ2) is 8.90. The molecule has 156 valence electrons. The topological polar surface area (TPSA) is 46.9 Å². The third-order valence-corrected chi connectivity index (χ3v) is 5.54. The fourth-order valence-electron chi connectivity index (χ4n) is 3.92. The lowest BCUT2D eigenvalue weighted by Gasteiger charge is -2.11. The zero-order valence-corrected chi connectivity index (χ0v) is 17.6. The van der Waals surface area contributed by atoms with E-state index >= 15 is 0 Å². The fourth-order valence-corrected chi connectivity index (χ4v) is 3.92. The minimum absolute atomic E-state index is 0.141. The van der Waals surface area contributed by atoms with Crippen LogP contribution >= 0.6 is 0 Å². The summed E-state index contributed by atoms with van der Waals surface area (Å²) < 4.78 is 2.18. The van der Waals surface area contributed by atoms with Crippen LogP contribution in [0.1, 0.15) is 17.0 Å². The van der Waals surface area contributed by atoms with Crippen LogP contribution in [-0.2, 0) is 17.9 Å². The van der Waals surface area contributed by atoms with E-state index in [0.717, 1.165) is 22.4 Å². The maximum atomic E-state index is 12.4. The molecular formula is C28H23N3O. The molecule has 0 saturated carbocycles. The van der Waals surface area contributed by atoms with Crippen molar-refractivity contribution >= 4 is 33.8 Å². The Hall–Kier alpha value is -4.18. The number of nitrogens with one attached hydrogen (secondary N) is 1. The van der Waals surface area contributed by atoms with Gasteiger partial charge in [0, 0.05) is 12.6 Å². The SMILES string of the molecule is O=C(/C=C\c1ccccc1)NCc1nc2ccccc2n1Cc1ccc2ccccc2c1. The van der Waals surface area contributed by atoms with E-state index < -0.39 is 0 Å². The van der Waals surface area contributed by atoms with Gasteiger partial charge >= 0.3 is 0 Å². The molecule has 1 heterocycles. The molecular weight excluding hydrogens is 394 g/mol. The maximum Gasteiger partial charge on any atom is 0.244 e. The summed E-state index contributed by atoms with van der Waals surface area (Å²) in [6.07, 6.45) is 3.37. The van der Waals surface area contributed by atoms with Gasteiger partial charge in [-0.15, -0.1) is 0 Å². The number of hydrogen-bond acceptors (Lipinski definition) is 2. The third kappa shape index (κ3) is 4.30. The van der Waals surface area contributed by atoms with Crippen LogP contribution in [0.25, 0.3) is 27.9 Å². The molecule has 0 aliphatic carbocycles. The van der Waals surface area contributed by atoms with Crippen LogP contribution in [-0.4, -0.2) is 15.5 Å². The zero-order chi connectivity index (χ0) is 21.8. The zero-order valence-electron chi connectivity index (χ0n) is 17.6. The van der Waals surface area contributed by atoms with Gasteiger partial charge in [0.25, 0.3) is 0 Å². The molecule has 0 spiro atoms. The van der Waals surface area contributed by atoms with Crippen LogP contribution in [0.3, 0.4) is 0 Å². The standard InChI is InChI=1S/C28H23N3O/c32-28(17-15-21-8-2-1-3-9-21)29-19-27-30-25-12-6-7-13-26(25)31(27)20-22-14-16-23-10-4-5-11-24(23)18-22/h1-18H,19-20H2,(H,29,32)/b17-15-. The quantitative estimate of drug-likeness (QED) is 0.367. The Kier molecular flexibility index (Phi) is 5.50. The maximum absolute atomic E-state index is 12.4. The smallest absolute Gasteiger partial charge is 0.244 e. The Morgan fingerprint density at radius 2 is 1.59 bits per heavy atom. The Morgan fingerprint density at radius 3 is 2.47 bits per heavy atom. The Bertz CT molecular complexity index is 1420. The number of carbonyl (C=O) groups is 1. The van der Waals surface area contributed by atoms with E-state index in [1.54, 1.807) is 6.08 Å². The molecule has 0 fully saturated rings. The van der Waals surface area contributed by atoms with E-state index in [1.165, 1.54) is 16.3 Å². The van der Waals surface area contributed by atoms with Gasteiger partial charge in [0.2, 0.25) is 5.91 Å². The molecule has 4 aromatic carbocycles. The van der Waals surface area contributed by atoms with Gasteiger partial charge in [-0.2, -0.15) is 0 Å². The monoisotopic (exact) mass is 417 g/mol. The summed E-state index contributed by atoms with van der Waals surface area (Å²) in [5.74, 6) is 0.694. The van der Waals surface area contributed by atoms with E-state index in [0.29, 0.717) is 13.1 Å². The summed E-state index contributed by atoms with van der Waals surface area (Å²) in [5.41, 5.74) is 4.18.